The normalized spacial score (nSPS) is 28.7. The van der Waals surface area contributed by atoms with Gasteiger partial charge in [0, 0.05) is 30.5 Å². The molecule has 0 saturated carbocycles. The van der Waals surface area contributed by atoms with Crippen molar-refractivity contribution >= 4 is 0 Å². The first-order chi connectivity index (χ1) is 9.40. The van der Waals surface area contributed by atoms with Crippen LogP contribution in [0.2, 0.25) is 0 Å². The summed E-state index contributed by atoms with van der Waals surface area (Å²) < 4.78 is 5.63. The lowest BCUT2D eigenvalue weighted by Crippen LogP contribution is -2.48. The number of nitrogens with zero attached hydrogens (tertiary/aromatic N) is 1. The van der Waals surface area contributed by atoms with Crippen molar-refractivity contribution in [1.82, 2.24) is 10.4 Å². The van der Waals surface area contributed by atoms with Crippen LogP contribution in [-0.2, 0) is 11.2 Å². The average molecular weight is 261 g/mol. The quantitative estimate of drug-likeness (QED) is 0.643. The van der Waals surface area contributed by atoms with Crippen LogP contribution in [0.3, 0.4) is 0 Å². The van der Waals surface area contributed by atoms with Crippen LogP contribution < -0.4 is 11.3 Å². The van der Waals surface area contributed by atoms with E-state index in [2.05, 4.69) is 16.5 Å². The third kappa shape index (κ3) is 2.66. The largest absolute Gasteiger partial charge is 0.381 e. The Balaban J connectivity index is 1.83. The smallest absolute Gasteiger partial charge is 0.0509 e. The first-order valence-electron chi connectivity index (χ1n) is 7.38. The second kappa shape index (κ2) is 5.99. The Morgan fingerprint density at radius 2 is 2.32 bits per heavy atom. The van der Waals surface area contributed by atoms with E-state index in [-0.39, 0.29) is 6.04 Å². The Morgan fingerprint density at radius 1 is 1.37 bits per heavy atom. The molecule has 0 spiro atoms. The van der Waals surface area contributed by atoms with Crippen LogP contribution in [0.25, 0.3) is 0 Å². The summed E-state index contributed by atoms with van der Waals surface area (Å²) in [4.78, 5) is 4.63. The lowest BCUT2D eigenvalue weighted by molar-refractivity contribution is 0.0333. The molecule has 1 aliphatic heterocycles. The third-order valence-corrected chi connectivity index (χ3v) is 4.57. The highest BCUT2D eigenvalue weighted by Gasteiger charge is 2.34. The fourth-order valence-corrected chi connectivity index (χ4v) is 3.62. The molecule has 1 fully saturated rings. The number of pyridine rings is 1. The van der Waals surface area contributed by atoms with E-state index in [1.807, 2.05) is 12.3 Å². The first-order valence-corrected chi connectivity index (χ1v) is 7.38. The van der Waals surface area contributed by atoms with E-state index in [9.17, 15) is 0 Å². The Hall–Kier alpha value is -0.970. The van der Waals surface area contributed by atoms with Crippen molar-refractivity contribution in [3.05, 3.63) is 29.6 Å². The predicted molar refractivity (Wildman–Crippen MR) is 74.6 cm³/mol. The van der Waals surface area contributed by atoms with E-state index in [0.29, 0.717) is 11.8 Å². The Labute approximate surface area is 114 Å². The maximum Gasteiger partial charge on any atom is 0.0509 e. The van der Waals surface area contributed by atoms with Gasteiger partial charge in [-0.2, -0.15) is 0 Å². The molecule has 0 amide bonds. The number of ether oxygens (including phenoxy) is 1. The molecule has 19 heavy (non-hydrogen) atoms. The van der Waals surface area contributed by atoms with Gasteiger partial charge in [0.1, 0.15) is 0 Å². The van der Waals surface area contributed by atoms with Gasteiger partial charge in [0.05, 0.1) is 6.61 Å². The molecule has 3 rings (SSSR count). The minimum Gasteiger partial charge on any atom is -0.381 e. The molecule has 1 saturated heterocycles. The summed E-state index contributed by atoms with van der Waals surface area (Å²) in [5.41, 5.74) is 5.71. The molecule has 3 unspecified atom stereocenters. The third-order valence-electron chi connectivity index (χ3n) is 4.57. The topological polar surface area (TPSA) is 60.2 Å². The summed E-state index contributed by atoms with van der Waals surface area (Å²) in [6.45, 7) is 1.72. The van der Waals surface area contributed by atoms with Crippen LogP contribution in [0.4, 0.5) is 0 Å². The molecule has 2 aliphatic rings. The zero-order valence-electron chi connectivity index (χ0n) is 11.3. The SMILES string of the molecule is NNC(C1CCCOC1)C1CCCc2cccnc21. The maximum atomic E-state index is 5.86. The number of aryl methyl sites for hydroxylation is 1. The Kier molecular flexibility index (Phi) is 4.11. The van der Waals surface area contributed by atoms with Gasteiger partial charge in [-0.15, -0.1) is 0 Å². The number of hydrogen-bond acceptors (Lipinski definition) is 4. The van der Waals surface area contributed by atoms with Gasteiger partial charge in [-0.25, -0.2) is 0 Å². The van der Waals surface area contributed by atoms with Gasteiger partial charge in [0.15, 0.2) is 0 Å². The second-order valence-electron chi connectivity index (χ2n) is 5.72. The zero-order chi connectivity index (χ0) is 13.1. The Bertz CT molecular complexity index is 418. The van der Waals surface area contributed by atoms with Crippen LogP contribution >= 0.6 is 0 Å². The number of fused-ring (bicyclic) bond motifs is 1. The van der Waals surface area contributed by atoms with Crippen LogP contribution in [0.1, 0.15) is 42.9 Å². The highest BCUT2D eigenvalue weighted by molar-refractivity contribution is 5.27. The molecular formula is C15H23N3O. The minimum absolute atomic E-state index is 0.286. The summed E-state index contributed by atoms with van der Waals surface area (Å²) in [6.07, 6.45) is 7.81. The predicted octanol–water partition coefficient (Wildman–Crippen LogP) is 1.76. The van der Waals surface area contributed by atoms with E-state index in [1.165, 1.54) is 30.5 Å². The lowest BCUT2D eigenvalue weighted by Gasteiger charge is -2.37. The number of hydrogen-bond donors (Lipinski definition) is 2. The summed E-state index contributed by atoms with van der Waals surface area (Å²) >= 11 is 0. The van der Waals surface area contributed by atoms with Crippen molar-refractivity contribution in [1.29, 1.82) is 0 Å². The fourth-order valence-electron chi connectivity index (χ4n) is 3.62. The zero-order valence-corrected chi connectivity index (χ0v) is 11.3. The number of nitrogens with two attached hydrogens (primary N) is 1. The molecule has 3 atom stereocenters. The molecule has 1 aliphatic carbocycles. The molecule has 0 bridgehead atoms. The molecule has 3 N–H and O–H groups in total. The molecule has 104 valence electrons. The maximum absolute atomic E-state index is 5.86. The summed E-state index contributed by atoms with van der Waals surface area (Å²) in [5.74, 6) is 6.80. The van der Waals surface area contributed by atoms with Crippen molar-refractivity contribution in [3.8, 4) is 0 Å². The van der Waals surface area contributed by atoms with Gasteiger partial charge in [-0.05, 0) is 49.7 Å². The Morgan fingerprint density at radius 3 is 3.11 bits per heavy atom. The molecule has 4 heteroatoms. The van der Waals surface area contributed by atoms with Gasteiger partial charge in [-0.3, -0.25) is 16.3 Å². The van der Waals surface area contributed by atoms with Gasteiger partial charge < -0.3 is 4.74 Å². The fraction of sp³-hybridized carbons (Fsp3) is 0.667. The van der Waals surface area contributed by atoms with E-state index in [1.54, 1.807) is 0 Å². The number of rotatable bonds is 3. The van der Waals surface area contributed by atoms with Gasteiger partial charge in [0.25, 0.3) is 0 Å². The van der Waals surface area contributed by atoms with Gasteiger partial charge >= 0.3 is 0 Å². The van der Waals surface area contributed by atoms with Crippen molar-refractivity contribution in [2.75, 3.05) is 13.2 Å². The van der Waals surface area contributed by atoms with E-state index in [0.717, 1.165) is 26.1 Å². The molecule has 0 aromatic carbocycles. The van der Waals surface area contributed by atoms with Crippen molar-refractivity contribution in [2.45, 2.75) is 44.1 Å². The van der Waals surface area contributed by atoms with E-state index < -0.39 is 0 Å². The van der Waals surface area contributed by atoms with Crippen LogP contribution in [0, 0.1) is 5.92 Å². The summed E-state index contributed by atoms with van der Waals surface area (Å²) in [6, 6.07) is 4.53. The van der Waals surface area contributed by atoms with Crippen LogP contribution in [0.15, 0.2) is 18.3 Å². The highest BCUT2D eigenvalue weighted by atomic mass is 16.5. The summed E-state index contributed by atoms with van der Waals surface area (Å²) in [5, 5.41) is 0. The van der Waals surface area contributed by atoms with Crippen LogP contribution in [-0.4, -0.2) is 24.2 Å². The van der Waals surface area contributed by atoms with E-state index >= 15 is 0 Å². The molecule has 1 aromatic rings. The van der Waals surface area contributed by atoms with Crippen molar-refractivity contribution in [2.24, 2.45) is 11.8 Å². The minimum atomic E-state index is 0.286. The summed E-state index contributed by atoms with van der Waals surface area (Å²) in [7, 11) is 0. The van der Waals surface area contributed by atoms with E-state index in [4.69, 9.17) is 10.6 Å². The van der Waals surface area contributed by atoms with Gasteiger partial charge in [-0.1, -0.05) is 6.07 Å². The monoisotopic (exact) mass is 261 g/mol. The second-order valence-corrected chi connectivity index (χ2v) is 5.72. The number of hydrazine groups is 1. The number of aromatic nitrogens is 1. The molecular weight excluding hydrogens is 238 g/mol. The lowest BCUT2D eigenvalue weighted by atomic mass is 9.76. The molecule has 0 radical (unpaired) electrons. The highest BCUT2D eigenvalue weighted by Crippen LogP contribution is 2.36. The standard InChI is InChI=1S/C15H23N3O/c16-18-15(12-6-3-9-19-10-12)13-7-1-4-11-5-2-8-17-14(11)13/h2,5,8,12-13,15,18H,1,3-4,6-7,9-10,16H2. The molecule has 1 aromatic heterocycles. The average Bonchev–Trinajstić information content (AvgIpc) is 2.49. The molecule has 2 heterocycles. The van der Waals surface area contributed by atoms with Gasteiger partial charge in [0.2, 0.25) is 0 Å². The van der Waals surface area contributed by atoms with Crippen molar-refractivity contribution in [3.63, 3.8) is 0 Å². The molecule has 4 nitrogen and oxygen atoms in total. The first kappa shape index (κ1) is 13.0. The van der Waals surface area contributed by atoms with Crippen LogP contribution in [0.5, 0.6) is 0 Å². The number of nitrogens with one attached hydrogen (secondary N) is 1. The van der Waals surface area contributed by atoms with Crippen molar-refractivity contribution < 1.29 is 4.74 Å².